The van der Waals surface area contributed by atoms with Crippen LogP contribution in [-0.4, -0.2) is 34.7 Å². The fourth-order valence-corrected chi connectivity index (χ4v) is 3.55. The van der Waals surface area contributed by atoms with Crippen LogP contribution < -0.4 is 5.32 Å². The number of aliphatic hydroxyl groups is 1. The normalized spacial score (nSPS) is 22.4. The van der Waals surface area contributed by atoms with Crippen LogP contribution in [0.3, 0.4) is 0 Å². The number of carbonyl (C=O) groups excluding carboxylic acids is 1. The van der Waals surface area contributed by atoms with Gasteiger partial charge in [0, 0.05) is 23.7 Å². The number of rotatable bonds is 5. The number of carbonyl (C=O) groups is 1. The molecule has 0 aromatic heterocycles. The van der Waals surface area contributed by atoms with Crippen molar-refractivity contribution in [2.45, 2.75) is 24.9 Å². The number of benzene rings is 1. The summed E-state index contributed by atoms with van der Waals surface area (Å²) < 4.78 is 0. The standard InChI is InChI=1S/C14H18ClNO2S/c15-12-3-1-2-11(8-12)4-5-13(17)16-9-14(18)6-7-19-10-14/h1-3,8,18H,4-7,9-10H2,(H,16,17). The van der Waals surface area contributed by atoms with Crippen molar-refractivity contribution >= 4 is 29.3 Å². The molecule has 2 rings (SSSR count). The maximum absolute atomic E-state index is 11.7. The van der Waals surface area contributed by atoms with Crippen LogP contribution >= 0.6 is 23.4 Å². The van der Waals surface area contributed by atoms with Crippen molar-refractivity contribution in [3.05, 3.63) is 34.9 Å². The van der Waals surface area contributed by atoms with Crippen LogP contribution in [0.25, 0.3) is 0 Å². The molecule has 3 nitrogen and oxygen atoms in total. The van der Waals surface area contributed by atoms with Gasteiger partial charge < -0.3 is 10.4 Å². The Balaban J connectivity index is 1.73. The molecule has 0 spiro atoms. The van der Waals surface area contributed by atoms with Gasteiger partial charge in [-0.15, -0.1) is 0 Å². The fourth-order valence-electron chi connectivity index (χ4n) is 2.04. The zero-order valence-electron chi connectivity index (χ0n) is 10.7. The molecule has 1 aliphatic rings. The Kier molecular flexibility index (Phi) is 5.13. The molecule has 0 bridgehead atoms. The van der Waals surface area contributed by atoms with Crippen molar-refractivity contribution in [1.29, 1.82) is 0 Å². The first-order chi connectivity index (χ1) is 9.07. The number of nitrogens with one attached hydrogen (secondary N) is 1. The van der Waals surface area contributed by atoms with E-state index >= 15 is 0 Å². The second kappa shape index (κ2) is 6.64. The molecule has 1 unspecified atom stereocenters. The molecule has 0 aliphatic carbocycles. The molecule has 19 heavy (non-hydrogen) atoms. The summed E-state index contributed by atoms with van der Waals surface area (Å²) in [5, 5.41) is 13.6. The van der Waals surface area contributed by atoms with E-state index in [-0.39, 0.29) is 5.91 Å². The Hall–Kier alpha value is -0.710. The lowest BCUT2D eigenvalue weighted by atomic mass is 10.0. The maximum Gasteiger partial charge on any atom is 0.220 e. The number of aryl methyl sites for hydroxylation is 1. The Morgan fingerprint density at radius 3 is 3.05 bits per heavy atom. The molecule has 1 amide bonds. The lowest BCUT2D eigenvalue weighted by molar-refractivity contribution is -0.122. The first kappa shape index (κ1) is 14.7. The molecule has 104 valence electrons. The average molecular weight is 300 g/mol. The Morgan fingerprint density at radius 2 is 2.37 bits per heavy atom. The summed E-state index contributed by atoms with van der Waals surface area (Å²) in [6.07, 6.45) is 1.84. The molecule has 1 saturated heterocycles. The van der Waals surface area contributed by atoms with Crippen molar-refractivity contribution in [3.63, 3.8) is 0 Å². The van der Waals surface area contributed by atoms with Crippen LogP contribution in [0.2, 0.25) is 5.02 Å². The molecular weight excluding hydrogens is 282 g/mol. The zero-order chi connectivity index (χ0) is 13.7. The van der Waals surface area contributed by atoms with Gasteiger partial charge in [-0.05, 0) is 36.3 Å². The smallest absolute Gasteiger partial charge is 0.220 e. The van der Waals surface area contributed by atoms with Gasteiger partial charge in [0.2, 0.25) is 5.91 Å². The van der Waals surface area contributed by atoms with E-state index in [1.165, 1.54) is 0 Å². The summed E-state index contributed by atoms with van der Waals surface area (Å²) in [6, 6.07) is 7.53. The van der Waals surface area contributed by atoms with E-state index in [0.717, 1.165) is 17.7 Å². The first-order valence-electron chi connectivity index (χ1n) is 6.39. The zero-order valence-corrected chi connectivity index (χ0v) is 12.3. The molecule has 1 aromatic carbocycles. The van der Waals surface area contributed by atoms with Gasteiger partial charge in [-0.1, -0.05) is 23.7 Å². The third-order valence-corrected chi connectivity index (χ3v) is 4.70. The van der Waals surface area contributed by atoms with E-state index in [2.05, 4.69) is 5.32 Å². The maximum atomic E-state index is 11.7. The van der Waals surface area contributed by atoms with E-state index in [1.807, 2.05) is 24.3 Å². The van der Waals surface area contributed by atoms with Crippen LogP contribution in [0.5, 0.6) is 0 Å². The Labute approximate surface area is 122 Å². The minimum Gasteiger partial charge on any atom is -0.387 e. The molecule has 1 heterocycles. The van der Waals surface area contributed by atoms with Gasteiger partial charge in [0.15, 0.2) is 0 Å². The van der Waals surface area contributed by atoms with Crippen molar-refractivity contribution in [1.82, 2.24) is 5.32 Å². The molecule has 5 heteroatoms. The molecule has 0 saturated carbocycles. The number of amides is 1. The Bertz CT molecular complexity index is 447. The quantitative estimate of drug-likeness (QED) is 0.877. The largest absolute Gasteiger partial charge is 0.387 e. The molecule has 1 aromatic rings. The SMILES string of the molecule is O=C(CCc1cccc(Cl)c1)NCC1(O)CCSC1. The predicted molar refractivity (Wildman–Crippen MR) is 79.7 cm³/mol. The molecular formula is C14H18ClNO2S. The van der Waals surface area contributed by atoms with Crippen LogP contribution in [0.4, 0.5) is 0 Å². The van der Waals surface area contributed by atoms with Gasteiger partial charge in [-0.2, -0.15) is 11.8 Å². The first-order valence-corrected chi connectivity index (χ1v) is 7.92. The number of hydrogen-bond donors (Lipinski definition) is 2. The van der Waals surface area contributed by atoms with E-state index in [0.29, 0.717) is 30.2 Å². The van der Waals surface area contributed by atoms with Crippen LogP contribution in [0, 0.1) is 0 Å². The highest BCUT2D eigenvalue weighted by Crippen LogP contribution is 2.26. The number of halogens is 1. The predicted octanol–water partition coefficient (Wildman–Crippen LogP) is 2.26. The van der Waals surface area contributed by atoms with Gasteiger partial charge >= 0.3 is 0 Å². The highest BCUT2D eigenvalue weighted by Gasteiger charge is 2.31. The van der Waals surface area contributed by atoms with E-state index in [4.69, 9.17) is 11.6 Å². The molecule has 0 radical (unpaired) electrons. The Morgan fingerprint density at radius 1 is 1.53 bits per heavy atom. The number of hydrogen-bond acceptors (Lipinski definition) is 3. The molecule has 1 atom stereocenters. The summed E-state index contributed by atoms with van der Waals surface area (Å²) in [5.41, 5.74) is 0.342. The van der Waals surface area contributed by atoms with Gasteiger partial charge in [0.25, 0.3) is 0 Å². The average Bonchev–Trinajstić information content (AvgIpc) is 2.82. The van der Waals surface area contributed by atoms with Crippen molar-refractivity contribution < 1.29 is 9.90 Å². The third kappa shape index (κ3) is 4.71. The highest BCUT2D eigenvalue weighted by atomic mass is 35.5. The van der Waals surface area contributed by atoms with Crippen molar-refractivity contribution in [2.24, 2.45) is 0 Å². The molecule has 2 N–H and O–H groups in total. The molecule has 1 aliphatic heterocycles. The van der Waals surface area contributed by atoms with Crippen molar-refractivity contribution in [3.8, 4) is 0 Å². The summed E-state index contributed by atoms with van der Waals surface area (Å²) in [7, 11) is 0. The highest BCUT2D eigenvalue weighted by molar-refractivity contribution is 7.99. The second-order valence-electron chi connectivity index (χ2n) is 4.93. The van der Waals surface area contributed by atoms with Gasteiger partial charge in [-0.25, -0.2) is 0 Å². The third-order valence-electron chi connectivity index (χ3n) is 3.23. The van der Waals surface area contributed by atoms with Crippen LogP contribution in [0.1, 0.15) is 18.4 Å². The molecule has 1 fully saturated rings. The summed E-state index contributed by atoms with van der Waals surface area (Å²) in [4.78, 5) is 11.7. The van der Waals surface area contributed by atoms with Gasteiger partial charge in [-0.3, -0.25) is 4.79 Å². The minimum absolute atomic E-state index is 0.0229. The van der Waals surface area contributed by atoms with Crippen molar-refractivity contribution in [2.75, 3.05) is 18.1 Å². The minimum atomic E-state index is -0.712. The van der Waals surface area contributed by atoms with E-state index < -0.39 is 5.60 Å². The topological polar surface area (TPSA) is 49.3 Å². The van der Waals surface area contributed by atoms with Gasteiger partial charge in [0.1, 0.15) is 0 Å². The summed E-state index contributed by atoms with van der Waals surface area (Å²) in [6.45, 7) is 0.356. The van der Waals surface area contributed by atoms with Crippen LogP contribution in [0.15, 0.2) is 24.3 Å². The summed E-state index contributed by atoms with van der Waals surface area (Å²) in [5.74, 6) is 1.65. The monoisotopic (exact) mass is 299 g/mol. The fraction of sp³-hybridized carbons (Fsp3) is 0.500. The number of thioether (sulfide) groups is 1. The lowest BCUT2D eigenvalue weighted by Gasteiger charge is -2.21. The lowest BCUT2D eigenvalue weighted by Crippen LogP contribution is -2.43. The summed E-state index contributed by atoms with van der Waals surface area (Å²) >= 11 is 7.62. The van der Waals surface area contributed by atoms with Gasteiger partial charge in [0.05, 0.1) is 5.60 Å². The second-order valence-corrected chi connectivity index (χ2v) is 6.48. The van der Waals surface area contributed by atoms with E-state index in [1.54, 1.807) is 11.8 Å². The van der Waals surface area contributed by atoms with E-state index in [9.17, 15) is 9.90 Å². The van der Waals surface area contributed by atoms with Crippen LogP contribution in [-0.2, 0) is 11.2 Å².